The molecule has 7 atom stereocenters. The van der Waals surface area contributed by atoms with Gasteiger partial charge in [-0.2, -0.15) is 0 Å². The molecule has 0 aromatic heterocycles. The van der Waals surface area contributed by atoms with Crippen molar-refractivity contribution in [3.8, 4) is 120 Å². The summed E-state index contributed by atoms with van der Waals surface area (Å²) in [4.78, 5) is 58.3. The lowest BCUT2D eigenvalue weighted by molar-refractivity contribution is -0.151. The van der Waals surface area contributed by atoms with Gasteiger partial charge in [-0.3, -0.25) is 0 Å². The molecule has 0 saturated heterocycles. The van der Waals surface area contributed by atoms with Gasteiger partial charge in [-0.25, -0.2) is 19.2 Å². The first-order valence-electron chi connectivity index (χ1n) is 22.0. The maximum atomic E-state index is 14.8. The van der Waals surface area contributed by atoms with Crippen molar-refractivity contribution in [1.29, 1.82) is 0 Å². The number of carbonyl (C=O) groups is 4. The summed E-state index contributed by atoms with van der Waals surface area (Å²) >= 11 is 0. The van der Waals surface area contributed by atoms with Crippen molar-refractivity contribution in [2.24, 2.45) is 0 Å². The molecule has 6 aromatic rings. The summed E-state index contributed by atoms with van der Waals surface area (Å²) < 4.78 is 28.4. The normalized spacial score (nSPS) is 20.7. The summed E-state index contributed by atoms with van der Waals surface area (Å²) in [5.41, 5.74) is -10.9. The van der Waals surface area contributed by atoms with E-state index < -0.39 is 233 Å². The predicted octanol–water partition coefficient (Wildman–Crippen LogP) is 1.90. The van der Waals surface area contributed by atoms with E-state index in [0.717, 1.165) is 18.2 Å². The largest absolute Gasteiger partial charge is 0.507 e. The first-order valence-corrected chi connectivity index (χ1v) is 22.0. The van der Waals surface area contributed by atoms with Crippen molar-refractivity contribution in [1.82, 2.24) is 0 Å². The molecule has 28 nitrogen and oxygen atoms in total. The van der Waals surface area contributed by atoms with Gasteiger partial charge in [-0.05, 0) is 42.0 Å². The Morgan fingerprint density at radius 1 is 0.416 bits per heavy atom. The van der Waals surface area contributed by atoms with E-state index in [0.29, 0.717) is 30.3 Å². The fourth-order valence-electron chi connectivity index (χ4n) is 9.13. The highest BCUT2D eigenvalue weighted by Gasteiger charge is 2.51. The topological polar surface area (TPSA) is 499 Å². The van der Waals surface area contributed by atoms with Gasteiger partial charge in [0, 0.05) is 40.3 Å². The Morgan fingerprint density at radius 3 is 1.30 bits per heavy atom. The molecule has 7 unspecified atom stereocenters. The molecular weight excluding hydrogens is 1040 g/mol. The predicted molar refractivity (Wildman–Crippen MR) is 245 cm³/mol. The molecule has 0 spiro atoms. The molecule has 28 heteroatoms. The SMILES string of the molecule is O=C1OCC(O)C(C2OC(=O)c3cc(O)c(O)c(O)c3-c3c(cc(O)c(O)c3O)C(=O)OC2C(O)c2c(O)cc(O)c3c2OC(c2ccc(O)c(O)c2)C(O)C3)OC(=O)c2cc(O)c(O)c(O)c2-c2c1cc(O)c(O)c2O. The second-order valence-electron chi connectivity index (χ2n) is 17.5. The van der Waals surface area contributed by atoms with E-state index in [4.69, 9.17) is 23.7 Å². The first kappa shape index (κ1) is 51.6. The van der Waals surface area contributed by atoms with Gasteiger partial charge in [0.25, 0.3) is 0 Å². The molecule has 9 rings (SSSR count). The van der Waals surface area contributed by atoms with E-state index in [2.05, 4.69) is 0 Å². The molecular formula is C49H38O28. The standard InChI is InChI=1S/C49H38O28/c50-17-2-1-11(3-19(17)52)41-25(58)4-12-18(51)9-20(53)31(42(12)74-41)40(68)44-45(77-49(72)16-8-24(57)35(63)39(67)30(16)29-15(48(71)76-44)7-23(56)34(62)38(29)66)43-26(59)10-73-46(69)13-5-21(54)32(60)36(64)27(13)28-14(47(70)75-43)6-22(55)33(61)37(28)65/h1-3,5-9,25-26,40-41,43-45,50-68H,4,10H2. The minimum Gasteiger partial charge on any atom is -0.507 e. The lowest BCUT2D eigenvalue weighted by atomic mass is 9.87. The second-order valence-corrected chi connectivity index (χ2v) is 17.5. The van der Waals surface area contributed by atoms with E-state index in [1.165, 1.54) is 0 Å². The number of fused-ring (bicyclic) bond motifs is 7. The summed E-state index contributed by atoms with van der Waals surface area (Å²) in [5, 5.41) is 209. The molecule has 0 bridgehead atoms. The highest BCUT2D eigenvalue weighted by molar-refractivity contribution is 6.10. The van der Waals surface area contributed by atoms with E-state index in [1.807, 2.05) is 0 Å². The summed E-state index contributed by atoms with van der Waals surface area (Å²) in [7, 11) is 0. The Bertz CT molecular complexity index is 3550. The first-order chi connectivity index (χ1) is 36.2. The van der Waals surface area contributed by atoms with Gasteiger partial charge in [0.1, 0.15) is 42.2 Å². The number of phenols is 16. The number of hydrogen-bond acceptors (Lipinski definition) is 28. The number of cyclic esters (lactones) is 4. The number of aliphatic hydroxyl groups is 3. The highest BCUT2D eigenvalue weighted by atomic mass is 16.6. The van der Waals surface area contributed by atoms with Crippen molar-refractivity contribution in [2.45, 2.75) is 49.1 Å². The molecule has 402 valence electrons. The highest BCUT2D eigenvalue weighted by Crippen LogP contribution is 2.56. The second kappa shape index (κ2) is 18.6. The van der Waals surface area contributed by atoms with E-state index in [9.17, 15) is 116 Å². The third-order valence-electron chi connectivity index (χ3n) is 12.9. The lowest BCUT2D eigenvalue weighted by Crippen LogP contribution is -2.54. The number of carbonyl (C=O) groups excluding carboxylic acids is 4. The van der Waals surface area contributed by atoms with Crippen LogP contribution in [0, 0.1) is 0 Å². The molecule has 77 heavy (non-hydrogen) atoms. The minimum absolute atomic E-state index is 0.0945. The summed E-state index contributed by atoms with van der Waals surface area (Å²) in [6.45, 7) is -1.50. The van der Waals surface area contributed by atoms with Crippen molar-refractivity contribution in [2.75, 3.05) is 6.61 Å². The molecule has 6 aromatic carbocycles. The number of rotatable bonds is 4. The molecule has 0 amide bonds. The molecule has 0 saturated carbocycles. The fourth-order valence-corrected chi connectivity index (χ4v) is 9.13. The van der Waals surface area contributed by atoms with Crippen LogP contribution in [0.2, 0.25) is 0 Å². The minimum atomic E-state index is -2.96. The maximum Gasteiger partial charge on any atom is 0.339 e. The van der Waals surface area contributed by atoms with Gasteiger partial charge < -0.3 is 121 Å². The number of benzene rings is 6. The van der Waals surface area contributed by atoms with Crippen molar-refractivity contribution >= 4 is 23.9 Å². The molecule has 0 aliphatic carbocycles. The molecule has 3 heterocycles. The van der Waals surface area contributed by atoms with Crippen LogP contribution in [0.1, 0.15) is 70.3 Å². The van der Waals surface area contributed by atoms with Crippen molar-refractivity contribution in [3.63, 3.8) is 0 Å². The van der Waals surface area contributed by atoms with Gasteiger partial charge in [0.15, 0.2) is 75.8 Å². The Labute approximate surface area is 426 Å². The monoisotopic (exact) mass is 1070 g/mol. The third kappa shape index (κ3) is 8.25. The Kier molecular flexibility index (Phi) is 12.4. The molecule has 19 N–H and O–H groups in total. The van der Waals surface area contributed by atoms with Crippen molar-refractivity contribution in [3.05, 3.63) is 87.5 Å². The molecule has 3 aliphatic rings. The maximum absolute atomic E-state index is 14.8. The third-order valence-corrected chi connectivity index (χ3v) is 12.9. The average molecular weight is 1070 g/mol. The van der Waals surface area contributed by atoms with Crippen LogP contribution in [0.25, 0.3) is 22.3 Å². The zero-order chi connectivity index (χ0) is 56.1. The van der Waals surface area contributed by atoms with E-state index in [1.54, 1.807) is 0 Å². The van der Waals surface area contributed by atoms with E-state index in [-0.39, 0.29) is 5.56 Å². The smallest absolute Gasteiger partial charge is 0.339 e. The van der Waals surface area contributed by atoms with Gasteiger partial charge in [0.2, 0.25) is 23.0 Å². The van der Waals surface area contributed by atoms with Crippen molar-refractivity contribution < 1.29 is 140 Å². The number of esters is 4. The van der Waals surface area contributed by atoms with Crippen LogP contribution in [0.15, 0.2) is 48.5 Å². The number of phenolic OH excluding ortho intramolecular Hbond substituents is 16. The molecule has 3 aliphatic heterocycles. The Balaban J connectivity index is 1.31. The number of aliphatic hydroxyl groups excluding tert-OH is 3. The fraction of sp³-hybridized carbons (Fsp3) is 0.184. The van der Waals surface area contributed by atoms with Crippen LogP contribution < -0.4 is 4.74 Å². The van der Waals surface area contributed by atoms with Gasteiger partial charge in [-0.1, -0.05) is 6.07 Å². The van der Waals surface area contributed by atoms with Crippen LogP contribution in [0.4, 0.5) is 0 Å². The summed E-state index contributed by atoms with van der Waals surface area (Å²) in [6.07, 6.45) is -18.3. The van der Waals surface area contributed by atoms with Crippen LogP contribution in [-0.2, 0) is 25.4 Å². The number of ether oxygens (including phenoxy) is 5. The average Bonchev–Trinajstić information content (AvgIpc) is 3.49. The number of hydrogen-bond donors (Lipinski definition) is 19. The van der Waals surface area contributed by atoms with Crippen LogP contribution in [-0.4, -0.2) is 158 Å². The zero-order valence-corrected chi connectivity index (χ0v) is 38.2. The zero-order valence-electron chi connectivity index (χ0n) is 38.2. The Hall–Kier alpha value is -10.3. The van der Waals surface area contributed by atoms with Gasteiger partial charge >= 0.3 is 23.9 Å². The summed E-state index contributed by atoms with van der Waals surface area (Å²) in [5.74, 6) is -28.9. The molecule has 0 radical (unpaired) electrons. The van der Waals surface area contributed by atoms with E-state index >= 15 is 0 Å². The van der Waals surface area contributed by atoms with Gasteiger partial charge in [0.05, 0.1) is 33.9 Å². The van der Waals surface area contributed by atoms with Gasteiger partial charge in [-0.15, -0.1) is 0 Å². The Morgan fingerprint density at radius 2 is 0.844 bits per heavy atom. The van der Waals surface area contributed by atoms with Crippen LogP contribution >= 0.6 is 0 Å². The summed E-state index contributed by atoms with van der Waals surface area (Å²) in [6, 6.07) is 5.09. The lowest BCUT2D eigenvalue weighted by Gasteiger charge is -2.39. The number of aromatic hydroxyl groups is 16. The van der Waals surface area contributed by atoms with Crippen LogP contribution in [0.5, 0.6) is 97.7 Å². The quantitative estimate of drug-likeness (QED) is 0.0681. The van der Waals surface area contributed by atoms with Crippen LogP contribution in [0.3, 0.4) is 0 Å². The molecule has 0 fully saturated rings.